The number of para-hydroxylation sites is 1. The fourth-order valence-corrected chi connectivity index (χ4v) is 5.60. The molecule has 0 unspecified atom stereocenters. The van der Waals surface area contributed by atoms with Crippen LogP contribution in [0.15, 0.2) is 77.7 Å². The third kappa shape index (κ3) is 6.86. The molecular weight excluding hydrogens is 535 g/mol. The van der Waals surface area contributed by atoms with E-state index in [2.05, 4.69) is 10.0 Å². The van der Waals surface area contributed by atoms with Gasteiger partial charge < -0.3 is 5.32 Å². The molecule has 0 saturated heterocycles. The number of sulfonamides is 1. The molecule has 0 aliphatic carbocycles. The number of nitrogens with zero attached hydrogens (tertiary/aromatic N) is 2. The number of halogens is 2. The van der Waals surface area contributed by atoms with E-state index in [4.69, 9.17) is 23.2 Å². The van der Waals surface area contributed by atoms with Crippen molar-refractivity contribution in [3.05, 3.63) is 82.8 Å². The Morgan fingerprint density at radius 1 is 0.829 bits per heavy atom. The number of nitrogens with one attached hydrogen (secondary N) is 2. The summed E-state index contributed by atoms with van der Waals surface area (Å²) in [7, 11) is -5.15. The number of carbonyl (C=O) groups excluding carboxylic acids is 1. The molecule has 0 spiro atoms. The molecule has 0 atom stereocenters. The standard InChI is InChI=1S/C22H22Cl2N4O5S2/c1-27(2)35(32,33)28(20-6-4-3-5-7-20)15-22(29)25-18-8-10-21(11-9-18)34(30,31)26-19-13-16(23)12-17(24)14-19/h3-14,26H,15H2,1-2H3,(H,25,29). The maximum atomic E-state index is 12.7. The van der Waals surface area contributed by atoms with Crippen molar-refractivity contribution < 1.29 is 21.6 Å². The Hall–Kier alpha value is -2.83. The monoisotopic (exact) mass is 556 g/mol. The fourth-order valence-electron chi connectivity index (χ4n) is 2.97. The molecule has 2 N–H and O–H groups in total. The highest BCUT2D eigenvalue weighted by molar-refractivity contribution is 7.92. The zero-order valence-electron chi connectivity index (χ0n) is 18.6. The molecule has 13 heteroatoms. The van der Waals surface area contributed by atoms with Crippen molar-refractivity contribution in [2.45, 2.75) is 4.90 Å². The summed E-state index contributed by atoms with van der Waals surface area (Å²) in [6, 6.07) is 17.9. The summed E-state index contributed by atoms with van der Waals surface area (Å²) in [6.07, 6.45) is 0. The van der Waals surface area contributed by atoms with Gasteiger partial charge in [0.05, 0.1) is 16.3 Å². The van der Waals surface area contributed by atoms with Gasteiger partial charge in [0.1, 0.15) is 6.54 Å². The number of anilines is 3. The van der Waals surface area contributed by atoms with Gasteiger partial charge in [0.2, 0.25) is 5.91 Å². The van der Waals surface area contributed by atoms with E-state index in [1.807, 2.05) is 0 Å². The number of hydrogen-bond donors (Lipinski definition) is 2. The van der Waals surface area contributed by atoms with E-state index >= 15 is 0 Å². The highest BCUT2D eigenvalue weighted by Crippen LogP contribution is 2.25. The van der Waals surface area contributed by atoms with Crippen molar-refractivity contribution in [2.75, 3.05) is 35.0 Å². The number of amides is 1. The van der Waals surface area contributed by atoms with Crippen LogP contribution in [0.5, 0.6) is 0 Å². The molecule has 0 heterocycles. The van der Waals surface area contributed by atoms with Crippen LogP contribution in [0.2, 0.25) is 10.0 Å². The van der Waals surface area contributed by atoms with Crippen molar-refractivity contribution in [3.8, 4) is 0 Å². The summed E-state index contributed by atoms with van der Waals surface area (Å²) >= 11 is 11.8. The third-order valence-corrected chi connectivity index (χ3v) is 8.29. The quantitative estimate of drug-likeness (QED) is 0.412. The predicted octanol–water partition coefficient (Wildman–Crippen LogP) is 4.05. The van der Waals surface area contributed by atoms with Crippen molar-refractivity contribution in [3.63, 3.8) is 0 Å². The van der Waals surface area contributed by atoms with Gasteiger partial charge >= 0.3 is 10.2 Å². The summed E-state index contributed by atoms with van der Waals surface area (Å²) in [5.74, 6) is -0.610. The fraction of sp³-hybridized carbons (Fsp3) is 0.136. The third-order valence-electron chi connectivity index (χ3n) is 4.63. The summed E-state index contributed by atoms with van der Waals surface area (Å²) < 4.78 is 55.2. The highest BCUT2D eigenvalue weighted by Gasteiger charge is 2.27. The van der Waals surface area contributed by atoms with E-state index in [-0.39, 0.29) is 26.3 Å². The second-order valence-corrected chi connectivity index (χ2v) is 12.1. The van der Waals surface area contributed by atoms with Gasteiger partial charge in [-0.25, -0.2) is 12.7 Å². The Morgan fingerprint density at radius 2 is 1.40 bits per heavy atom. The summed E-state index contributed by atoms with van der Waals surface area (Å²) in [5.41, 5.74) is 0.808. The lowest BCUT2D eigenvalue weighted by atomic mass is 10.3. The molecule has 1 amide bonds. The van der Waals surface area contributed by atoms with Crippen LogP contribution in [0.25, 0.3) is 0 Å². The van der Waals surface area contributed by atoms with Crippen LogP contribution < -0.4 is 14.3 Å². The van der Waals surface area contributed by atoms with Crippen molar-refractivity contribution in [2.24, 2.45) is 0 Å². The molecule has 0 aliphatic heterocycles. The van der Waals surface area contributed by atoms with E-state index < -0.39 is 32.7 Å². The molecule has 0 aromatic heterocycles. The van der Waals surface area contributed by atoms with Gasteiger partial charge in [-0.15, -0.1) is 0 Å². The Bertz CT molecular complexity index is 1400. The minimum Gasteiger partial charge on any atom is -0.325 e. The maximum Gasteiger partial charge on any atom is 0.304 e. The number of carbonyl (C=O) groups is 1. The maximum absolute atomic E-state index is 12.7. The molecule has 0 radical (unpaired) electrons. The van der Waals surface area contributed by atoms with Crippen molar-refractivity contribution in [1.29, 1.82) is 0 Å². The van der Waals surface area contributed by atoms with Crippen LogP contribution in [0.1, 0.15) is 0 Å². The second-order valence-electron chi connectivity index (χ2n) is 7.47. The van der Waals surface area contributed by atoms with E-state index in [1.54, 1.807) is 30.3 Å². The number of rotatable bonds is 9. The van der Waals surface area contributed by atoms with Crippen molar-refractivity contribution in [1.82, 2.24) is 4.31 Å². The first-order chi connectivity index (χ1) is 16.4. The SMILES string of the molecule is CN(C)S(=O)(=O)N(CC(=O)Nc1ccc(S(=O)(=O)Nc2cc(Cl)cc(Cl)c2)cc1)c1ccccc1. The molecule has 0 fully saturated rings. The largest absolute Gasteiger partial charge is 0.325 e. The van der Waals surface area contributed by atoms with Gasteiger partial charge in [-0.05, 0) is 54.6 Å². The summed E-state index contributed by atoms with van der Waals surface area (Å²) in [6.45, 7) is -0.484. The molecule has 0 saturated carbocycles. The van der Waals surface area contributed by atoms with E-state index in [0.717, 1.165) is 8.61 Å². The number of benzene rings is 3. The Kier molecular flexibility index (Phi) is 8.29. The topological polar surface area (TPSA) is 116 Å². The first-order valence-electron chi connectivity index (χ1n) is 10.0. The van der Waals surface area contributed by atoms with Gasteiger partial charge in [0.25, 0.3) is 10.0 Å². The van der Waals surface area contributed by atoms with Gasteiger partial charge in [-0.1, -0.05) is 41.4 Å². The Labute approximate surface area is 214 Å². The minimum absolute atomic E-state index is 0.0623. The molecule has 3 aromatic rings. The smallest absolute Gasteiger partial charge is 0.304 e. The normalized spacial score (nSPS) is 11.8. The lowest BCUT2D eigenvalue weighted by Gasteiger charge is -2.26. The molecule has 3 aromatic carbocycles. The molecule has 0 aliphatic rings. The minimum atomic E-state index is -3.95. The first-order valence-corrected chi connectivity index (χ1v) is 13.7. The second kappa shape index (κ2) is 10.8. The van der Waals surface area contributed by atoms with E-state index in [1.165, 1.54) is 56.6 Å². The van der Waals surface area contributed by atoms with Crippen LogP contribution in [0.3, 0.4) is 0 Å². The Morgan fingerprint density at radius 3 is 1.94 bits per heavy atom. The Balaban J connectivity index is 1.74. The molecule has 0 bridgehead atoms. The van der Waals surface area contributed by atoms with Crippen LogP contribution in [0, 0.1) is 0 Å². The van der Waals surface area contributed by atoms with E-state index in [9.17, 15) is 21.6 Å². The molecule has 9 nitrogen and oxygen atoms in total. The lowest BCUT2D eigenvalue weighted by molar-refractivity contribution is -0.114. The van der Waals surface area contributed by atoms with E-state index in [0.29, 0.717) is 5.69 Å². The average molecular weight is 557 g/mol. The van der Waals surface area contributed by atoms with Gasteiger partial charge in [0, 0.05) is 29.8 Å². The number of hydrogen-bond acceptors (Lipinski definition) is 5. The molecule has 35 heavy (non-hydrogen) atoms. The zero-order chi connectivity index (χ0) is 25.8. The summed E-state index contributed by atoms with van der Waals surface area (Å²) in [5, 5.41) is 3.13. The van der Waals surface area contributed by atoms with Crippen LogP contribution in [-0.4, -0.2) is 47.7 Å². The zero-order valence-corrected chi connectivity index (χ0v) is 21.8. The van der Waals surface area contributed by atoms with Crippen LogP contribution in [0.4, 0.5) is 17.1 Å². The van der Waals surface area contributed by atoms with Crippen molar-refractivity contribution >= 4 is 66.4 Å². The molecule has 3 rings (SSSR count). The van der Waals surface area contributed by atoms with Crippen LogP contribution >= 0.6 is 23.2 Å². The average Bonchev–Trinajstić information content (AvgIpc) is 2.77. The first kappa shape index (κ1) is 26.8. The lowest BCUT2D eigenvalue weighted by Crippen LogP contribution is -2.44. The predicted molar refractivity (Wildman–Crippen MR) is 139 cm³/mol. The highest BCUT2D eigenvalue weighted by atomic mass is 35.5. The van der Waals surface area contributed by atoms with Gasteiger partial charge in [0.15, 0.2) is 0 Å². The van der Waals surface area contributed by atoms with Gasteiger partial charge in [-0.2, -0.15) is 12.7 Å². The summed E-state index contributed by atoms with van der Waals surface area (Å²) in [4.78, 5) is 12.6. The molecular formula is C22H22Cl2N4O5S2. The molecule has 186 valence electrons. The van der Waals surface area contributed by atoms with Crippen LogP contribution in [-0.2, 0) is 25.0 Å². The van der Waals surface area contributed by atoms with Gasteiger partial charge in [-0.3, -0.25) is 9.52 Å².